The Morgan fingerprint density at radius 1 is 1.05 bits per heavy atom. The second kappa shape index (κ2) is 10.1. The summed E-state index contributed by atoms with van der Waals surface area (Å²) in [6.45, 7) is 4.59. The van der Waals surface area contributed by atoms with E-state index in [2.05, 4.69) is 26.2 Å². The van der Waals surface area contributed by atoms with Crippen molar-refractivity contribution in [3.05, 3.63) is 82.3 Å². The third kappa shape index (κ3) is 4.72. The predicted molar refractivity (Wildman–Crippen MR) is 149 cm³/mol. The quantitative estimate of drug-likeness (QED) is 0.215. The van der Waals surface area contributed by atoms with Crippen LogP contribution in [0.4, 0.5) is 5.69 Å². The number of azo groups is 1. The number of aryl methyl sites for hydroxylation is 2. The number of benzene rings is 3. The van der Waals surface area contributed by atoms with Crippen LogP contribution in [-0.2, 0) is 6.54 Å². The topological polar surface area (TPSA) is 89.1 Å². The Balaban J connectivity index is 1.63. The van der Waals surface area contributed by atoms with Crippen molar-refractivity contribution in [1.82, 2.24) is 9.55 Å². The molecule has 7 nitrogen and oxygen atoms in total. The number of hydrogen-bond acceptors (Lipinski definition) is 5. The second-order valence-corrected chi connectivity index (χ2v) is 9.71. The van der Waals surface area contributed by atoms with Crippen LogP contribution in [0.5, 0.6) is 11.6 Å². The fourth-order valence-corrected chi connectivity index (χ4v) is 4.68. The standard InChI is InChI=1S/C29H25BrN4O3/c1-4-13-34-26-12-10-20(37-3)15-23(26)27(29(34)36)32-33-28(35)22-16-25(18-6-8-19(30)9-7-18)31-24-11-5-17(2)14-21(22)24/h5-12,14-16,36H,4,13H2,1-3H3. The Labute approximate surface area is 222 Å². The van der Waals surface area contributed by atoms with Gasteiger partial charge < -0.3 is 14.4 Å². The number of amides is 1. The number of carbonyl (C=O) groups excluding carboxylic acids is 1. The molecule has 2 aromatic heterocycles. The van der Waals surface area contributed by atoms with E-state index < -0.39 is 5.91 Å². The van der Waals surface area contributed by atoms with E-state index in [0.29, 0.717) is 39.8 Å². The third-order valence-electron chi connectivity index (χ3n) is 6.24. The van der Waals surface area contributed by atoms with Crippen molar-refractivity contribution in [3.63, 3.8) is 0 Å². The van der Waals surface area contributed by atoms with Crippen molar-refractivity contribution in [2.75, 3.05) is 7.11 Å². The molecule has 0 aliphatic carbocycles. The summed E-state index contributed by atoms with van der Waals surface area (Å²) in [7, 11) is 1.58. The lowest BCUT2D eigenvalue weighted by Gasteiger charge is -2.08. The minimum Gasteiger partial charge on any atom is -0.497 e. The molecule has 0 aliphatic rings. The molecule has 1 N–H and O–H groups in total. The van der Waals surface area contributed by atoms with Gasteiger partial charge >= 0.3 is 0 Å². The molecule has 3 aromatic carbocycles. The zero-order valence-electron chi connectivity index (χ0n) is 20.7. The van der Waals surface area contributed by atoms with Crippen LogP contribution in [0.25, 0.3) is 33.1 Å². The lowest BCUT2D eigenvalue weighted by Crippen LogP contribution is -1.99. The molecule has 186 valence electrons. The number of halogens is 1. The number of carbonyl (C=O) groups is 1. The van der Waals surface area contributed by atoms with Crippen LogP contribution >= 0.6 is 15.9 Å². The zero-order chi connectivity index (χ0) is 26.1. The molecule has 0 radical (unpaired) electrons. The highest BCUT2D eigenvalue weighted by Gasteiger charge is 2.19. The van der Waals surface area contributed by atoms with Crippen LogP contribution in [0.2, 0.25) is 0 Å². The van der Waals surface area contributed by atoms with Crippen LogP contribution in [0.1, 0.15) is 29.3 Å². The number of aromatic nitrogens is 2. The maximum atomic E-state index is 13.5. The Bertz CT molecular complexity index is 1670. The summed E-state index contributed by atoms with van der Waals surface area (Å²) in [4.78, 5) is 18.3. The molecule has 0 saturated heterocycles. The summed E-state index contributed by atoms with van der Waals surface area (Å²) in [5.74, 6) is 0.0707. The van der Waals surface area contributed by atoms with E-state index in [9.17, 15) is 9.90 Å². The highest BCUT2D eigenvalue weighted by atomic mass is 79.9. The van der Waals surface area contributed by atoms with Crippen molar-refractivity contribution in [2.45, 2.75) is 26.8 Å². The van der Waals surface area contributed by atoms with Gasteiger partial charge in [-0.3, -0.25) is 4.79 Å². The summed E-state index contributed by atoms with van der Waals surface area (Å²) in [6.07, 6.45) is 0.820. The SMILES string of the molecule is CCCn1c(O)c(N=NC(=O)c2cc(-c3ccc(Br)cc3)nc3ccc(C)cc23)c2cc(OC)ccc21. The lowest BCUT2D eigenvalue weighted by molar-refractivity contribution is 0.0996. The number of ether oxygens (including phenoxy) is 1. The van der Waals surface area contributed by atoms with Crippen molar-refractivity contribution in [1.29, 1.82) is 0 Å². The fraction of sp³-hybridized carbons (Fsp3) is 0.172. The van der Waals surface area contributed by atoms with Crippen LogP contribution in [0, 0.1) is 6.92 Å². The van der Waals surface area contributed by atoms with Crippen LogP contribution in [0.3, 0.4) is 0 Å². The van der Waals surface area contributed by atoms with E-state index >= 15 is 0 Å². The van der Waals surface area contributed by atoms with Gasteiger partial charge in [-0.25, -0.2) is 4.98 Å². The molecule has 0 aliphatic heterocycles. The van der Waals surface area contributed by atoms with Crippen molar-refractivity contribution in [2.24, 2.45) is 10.2 Å². The van der Waals surface area contributed by atoms with Gasteiger partial charge in [-0.1, -0.05) is 46.6 Å². The van der Waals surface area contributed by atoms with E-state index in [1.54, 1.807) is 23.8 Å². The smallest absolute Gasteiger partial charge is 0.296 e. The summed E-state index contributed by atoms with van der Waals surface area (Å²) in [5, 5.41) is 20.6. The lowest BCUT2D eigenvalue weighted by atomic mass is 10.0. The average molecular weight is 557 g/mol. The van der Waals surface area contributed by atoms with E-state index in [0.717, 1.165) is 27.5 Å². The molecule has 0 atom stereocenters. The second-order valence-electron chi connectivity index (χ2n) is 8.79. The first-order valence-electron chi connectivity index (χ1n) is 11.9. The molecule has 0 spiro atoms. The normalized spacial score (nSPS) is 11.6. The van der Waals surface area contributed by atoms with Gasteiger partial charge in [-0.15, -0.1) is 10.2 Å². The Hall–Kier alpha value is -4.04. The first-order valence-corrected chi connectivity index (χ1v) is 12.7. The number of methoxy groups -OCH3 is 1. The van der Waals surface area contributed by atoms with Crippen LogP contribution < -0.4 is 4.74 Å². The third-order valence-corrected chi connectivity index (χ3v) is 6.77. The summed E-state index contributed by atoms with van der Waals surface area (Å²) in [6, 6.07) is 20.8. The minimum atomic E-state index is -0.518. The maximum absolute atomic E-state index is 13.5. The average Bonchev–Trinajstić information content (AvgIpc) is 3.17. The molecule has 8 heteroatoms. The molecule has 1 amide bonds. The Morgan fingerprint density at radius 2 is 1.84 bits per heavy atom. The van der Waals surface area contributed by atoms with E-state index in [4.69, 9.17) is 9.72 Å². The van der Waals surface area contributed by atoms with E-state index in [-0.39, 0.29) is 11.6 Å². The first kappa shape index (κ1) is 24.6. The largest absolute Gasteiger partial charge is 0.497 e. The molecular formula is C29H25BrN4O3. The minimum absolute atomic E-state index is 0.0346. The number of hydrogen-bond donors (Lipinski definition) is 1. The van der Waals surface area contributed by atoms with E-state index in [1.807, 2.05) is 68.4 Å². The molecule has 5 aromatic rings. The van der Waals surface area contributed by atoms with Crippen molar-refractivity contribution < 1.29 is 14.6 Å². The van der Waals surface area contributed by atoms with Gasteiger partial charge in [0.05, 0.1) is 29.4 Å². The summed E-state index contributed by atoms with van der Waals surface area (Å²) >= 11 is 3.46. The van der Waals surface area contributed by atoms with E-state index in [1.165, 1.54) is 0 Å². The molecule has 0 unspecified atom stereocenters. The molecule has 2 heterocycles. The summed E-state index contributed by atoms with van der Waals surface area (Å²) < 4.78 is 8.09. The fourth-order valence-electron chi connectivity index (χ4n) is 4.41. The van der Waals surface area contributed by atoms with Crippen LogP contribution in [-0.4, -0.2) is 27.7 Å². The summed E-state index contributed by atoms with van der Waals surface area (Å²) in [5.41, 5.74) is 4.66. The van der Waals surface area contributed by atoms with Gasteiger partial charge in [-0.2, -0.15) is 0 Å². The molecule has 0 saturated carbocycles. The number of rotatable bonds is 6. The molecule has 0 bridgehead atoms. The predicted octanol–water partition coefficient (Wildman–Crippen LogP) is 7.98. The van der Waals surface area contributed by atoms with Gasteiger partial charge in [0.15, 0.2) is 5.69 Å². The van der Waals surface area contributed by atoms with Gasteiger partial charge in [-0.05, 0) is 61.9 Å². The highest BCUT2D eigenvalue weighted by molar-refractivity contribution is 9.10. The Kier molecular flexibility index (Phi) is 6.76. The highest BCUT2D eigenvalue weighted by Crippen LogP contribution is 2.41. The van der Waals surface area contributed by atoms with Crippen molar-refractivity contribution >= 4 is 49.3 Å². The maximum Gasteiger partial charge on any atom is 0.296 e. The van der Waals surface area contributed by atoms with Crippen molar-refractivity contribution in [3.8, 4) is 22.9 Å². The van der Waals surface area contributed by atoms with Crippen LogP contribution in [0.15, 0.2) is 81.4 Å². The zero-order valence-corrected chi connectivity index (χ0v) is 22.3. The first-order chi connectivity index (χ1) is 17.9. The van der Waals surface area contributed by atoms with Gasteiger partial charge in [0.25, 0.3) is 5.91 Å². The van der Waals surface area contributed by atoms with Gasteiger partial charge in [0.1, 0.15) is 5.75 Å². The Morgan fingerprint density at radius 3 is 2.57 bits per heavy atom. The number of aromatic hydroxyl groups is 1. The number of fused-ring (bicyclic) bond motifs is 2. The van der Waals surface area contributed by atoms with Gasteiger partial charge in [0, 0.05) is 27.4 Å². The monoisotopic (exact) mass is 556 g/mol. The number of pyridine rings is 1. The molecule has 5 rings (SSSR count). The molecule has 37 heavy (non-hydrogen) atoms. The molecule has 0 fully saturated rings. The molecular weight excluding hydrogens is 532 g/mol. The van der Waals surface area contributed by atoms with Gasteiger partial charge in [0.2, 0.25) is 5.88 Å². The number of nitrogens with zero attached hydrogens (tertiary/aromatic N) is 4.